The second-order valence-electron chi connectivity index (χ2n) is 4.95. The molecule has 0 rings (SSSR count). The second kappa shape index (κ2) is 6.83. The van der Waals surface area contributed by atoms with Crippen molar-refractivity contribution in [3.05, 3.63) is 0 Å². The van der Waals surface area contributed by atoms with E-state index in [0.29, 0.717) is 19.5 Å². The van der Waals surface area contributed by atoms with Crippen LogP contribution >= 0.6 is 0 Å². The van der Waals surface area contributed by atoms with Gasteiger partial charge in [-0.2, -0.15) is 0 Å². The lowest BCUT2D eigenvalue weighted by atomic mass is 10.1. The number of likely N-dealkylation sites (N-methyl/N-ethyl adjacent to an activating group) is 1. The Morgan fingerprint density at radius 2 is 2.06 bits per heavy atom. The Morgan fingerprint density at radius 3 is 2.50 bits per heavy atom. The zero-order chi connectivity index (χ0) is 12.8. The molecule has 2 atom stereocenters. The van der Waals surface area contributed by atoms with Gasteiger partial charge in [-0.3, -0.25) is 4.79 Å². The summed E-state index contributed by atoms with van der Waals surface area (Å²) in [7, 11) is 3.81. The molecule has 0 saturated carbocycles. The SMILES string of the molecule is CC(CCC(=O)O)NCC(C)(O)CN(C)C. The van der Waals surface area contributed by atoms with Crippen LogP contribution in [0.1, 0.15) is 26.7 Å². The van der Waals surface area contributed by atoms with E-state index in [1.165, 1.54) is 0 Å². The summed E-state index contributed by atoms with van der Waals surface area (Å²) in [4.78, 5) is 12.3. The standard InChI is InChI=1S/C11H24N2O3/c1-9(5-6-10(14)15)12-7-11(2,16)8-13(3)4/h9,12,16H,5-8H2,1-4H3,(H,14,15). The van der Waals surface area contributed by atoms with Gasteiger partial charge in [-0.1, -0.05) is 0 Å². The molecule has 0 aromatic carbocycles. The molecule has 3 N–H and O–H groups in total. The minimum Gasteiger partial charge on any atom is -0.481 e. The zero-order valence-electron chi connectivity index (χ0n) is 10.7. The molecule has 5 nitrogen and oxygen atoms in total. The van der Waals surface area contributed by atoms with E-state index in [-0.39, 0.29) is 12.5 Å². The molecule has 0 saturated heterocycles. The predicted molar refractivity (Wildman–Crippen MR) is 63.5 cm³/mol. The molecule has 0 aromatic heterocycles. The van der Waals surface area contributed by atoms with Crippen LogP contribution in [0.2, 0.25) is 0 Å². The van der Waals surface area contributed by atoms with Gasteiger partial charge in [-0.15, -0.1) is 0 Å². The number of nitrogens with one attached hydrogen (secondary N) is 1. The van der Waals surface area contributed by atoms with Gasteiger partial charge in [-0.25, -0.2) is 0 Å². The van der Waals surface area contributed by atoms with Crippen LogP contribution in [-0.2, 0) is 4.79 Å². The molecule has 0 aliphatic carbocycles. The van der Waals surface area contributed by atoms with Crippen LogP contribution in [0.4, 0.5) is 0 Å². The Bertz CT molecular complexity index is 217. The summed E-state index contributed by atoms with van der Waals surface area (Å²) < 4.78 is 0. The number of carboxylic acid groups (broad SMARTS) is 1. The van der Waals surface area contributed by atoms with Crippen LogP contribution < -0.4 is 5.32 Å². The maximum atomic E-state index is 10.4. The number of aliphatic hydroxyl groups is 1. The normalized spacial score (nSPS) is 17.1. The van der Waals surface area contributed by atoms with Crippen molar-refractivity contribution in [2.24, 2.45) is 0 Å². The van der Waals surface area contributed by atoms with E-state index in [2.05, 4.69) is 5.32 Å². The summed E-state index contributed by atoms with van der Waals surface area (Å²) in [5, 5.41) is 21.7. The summed E-state index contributed by atoms with van der Waals surface area (Å²) in [6.45, 7) is 4.73. The molecule has 96 valence electrons. The quantitative estimate of drug-likeness (QED) is 0.555. The van der Waals surface area contributed by atoms with Crippen molar-refractivity contribution in [1.82, 2.24) is 10.2 Å². The van der Waals surface area contributed by atoms with Crippen molar-refractivity contribution < 1.29 is 15.0 Å². The van der Waals surface area contributed by atoms with Crippen molar-refractivity contribution in [2.75, 3.05) is 27.2 Å². The van der Waals surface area contributed by atoms with Gasteiger partial charge in [0.2, 0.25) is 0 Å². The fourth-order valence-corrected chi connectivity index (χ4v) is 1.57. The van der Waals surface area contributed by atoms with E-state index in [1.54, 1.807) is 6.92 Å². The molecule has 16 heavy (non-hydrogen) atoms. The molecule has 0 aromatic rings. The van der Waals surface area contributed by atoms with Gasteiger partial charge < -0.3 is 20.4 Å². The summed E-state index contributed by atoms with van der Waals surface area (Å²) in [5.41, 5.74) is -0.791. The Kier molecular flexibility index (Phi) is 6.55. The monoisotopic (exact) mass is 232 g/mol. The highest BCUT2D eigenvalue weighted by Crippen LogP contribution is 2.04. The van der Waals surface area contributed by atoms with E-state index >= 15 is 0 Å². The minimum atomic E-state index is -0.791. The van der Waals surface area contributed by atoms with Gasteiger partial charge in [0.25, 0.3) is 0 Å². The number of hydrogen-bond donors (Lipinski definition) is 3. The van der Waals surface area contributed by atoms with Gasteiger partial charge in [0, 0.05) is 25.6 Å². The molecule has 0 heterocycles. The summed E-state index contributed by atoms with van der Waals surface area (Å²) in [5.74, 6) is -0.784. The molecule has 0 radical (unpaired) electrons. The Hall–Kier alpha value is -0.650. The van der Waals surface area contributed by atoms with Crippen LogP contribution in [0.15, 0.2) is 0 Å². The lowest BCUT2D eigenvalue weighted by Crippen LogP contribution is -2.47. The van der Waals surface area contributed by atoms with Crippen molar-refractivity contribution >= 4 is 5.97 Å². The van der Waals surface area contributed by atoms with Gasteiger partial charge in [-0.05, 0) is 34.4 Å². The molecule has 0 fully saturated rings. The van der Waals surface area contributed by atoms with Crippen molar-refractivity contribution in [3.63, 3.8) is 0 Å². The molecular weight excluding hydrogens is 208 g/mol. The van der Waals surface area contributed by atoms with E-state index in [9.17, 15) is 9.90 Å². The first kappa shape index (κ1) is 15.3. The largest absolute Gasteiger partial charge is 0.481 e. The minimum absolute atomic E-state index is 0.102. The van der Waals surface area contributed by atoms with E-state index in [0.717, 1.165) is 0 Å². The van der Waals surface area contributed by atoms with Gasteiger partial charge in [0.1, 0.15) is 0 Å². The molecule has 0 spiro atoms. The van der Waals surface area contributed by atoms with Gasteiger partial charge in [0.15, 0.2) is 0 Å². The predicted octanol–water partition coefficient (Wildman–Crippen LogP) is 0.142. The highest BCUT2D eigenvalue weighted by molar-refractivity contribution is 5.66. The Labute approximate surface area is 97.4 Å². The van der Waals surface area contributed by atoms with Crippen LogP contribution in [-0.4, -0.2) is 59.9 Å². The maximum Gasteiger partial charge on any atom is 0.303 e. The van der Waals surface area contributed by atoms with E-state index < -0.39 is 11.6 Å². The molecule has 0 amide bonds. The number of carboxylic acids is 1. The average molecular weight is 232 g/mol. The number of hydrogen-bond acceptors (Lipinski definition) is 4. The third-order valence-corrected chi connectivity index (χ3v) is 2.28. The van der Waals surface area contributed by atoms with Gasteiger partial charge in [0.05, 0.1) is 5.60 Å². The molecule has 0 aliphatic heterocycles. The molecule has 0 aliphatic rings. The fourth-order valence-electron chi connectivity index (χ4n) is 1.57. The van der Waals surface area contributed by atoms with Crippen LogP contribution in [0.25, 0.3) is 0 Å². The molecule has 2 unspecified atom stereocenters. The first-order valence-corrected chi connectivity index (χ1v) is 5.55. The van der Waals surface area contributed by atoms with Crippen LogP contribution in [0, 0.1) is 0 Å². The van der Waals surface area contributed by atoms with E-state index in [1.807, 2.05) is 25.9 Å². The first-order chi connectivity index (χ1) is 7.23. The zero-order valence-corrected chi connectivity index (χ0v) is 10.7. The van der Waals surface area contributed by atoms with Crippen molar-refractivity contribution in [1.29, 1.82) is 0 Å². The van der Waals surface area contributed by atoms with Crippen molar-refractivity contribution in [3.8, 4) is 0 Å². The van der Waals surface area contributed by atoms with Gasteiger partial charge >= 0.3 is 5.97 Å². The fraction of sp³-hybridized carbons (Fsp3) is 0.909. The lowest BCUT2D eigenvalue weighted by molar-refractivity contribution is -0.137. The topological polar surface area (TPSA) is 72.8 Å². The number of aliphatic carboxylic acids is 1. The van der Waals surface area contributed by atoms with Crippen LogP contribution in [0.3, 0.4) is 0 Å². The highest BCUT2D eigenvalue weighted by Gasteiger charge is 2.21. The summed E-state index contributed by atoms with van der Waals surface area (Å²) >= 11 is 0. The van der Waals surface area contributed by atoms with Crippen molar-refractivity contribution in [2.45, 2.75) is 38.3 Å². The smallest absolute Gasteiger partial charge is 0.303 e. The van der Waals surface area contributed by atoms with E-state index in [4.69, 9.17) is 5.11 Å². The number of carbonyl (C=O) groups is 1. The summed E-state index contributed by atoms with van der Waals surface area (Å²) in [6.07, 6.45) is 0.733. The number of nitrogens with zero attached hydrogens (tertiary/aromatic N) is 1. The number of rotatable bonds is 8. The lowest BCUT2D eigenvalue weighted by Gasteiger charge is -2.28. The average Bonchev–Trinajstić information content (AvgIpc) is 2.09. The maximum absolute atomic E-state index is 10.4. The summed E-state index contributed by atoms with van der Waals surface area (Å²) in [6, 6.07) is 0.102. The molecular formula is C11H24N2O3. The second-order valence-corrected chi connectivity index (χ2v) is 4.95. The first-order valence-electron chi connectivity index (χ1n) is 5.55. The molecule has 5 heteroatoms. The molecule has 0 bridgehead atoms. The highest BCUT2D eigenvalue weighted by atomic mass is 16.4. The third-order valence-electron chi connectivity index (χ3n) is 2.28. The van der Waals surface area contributed by atoms with Crippen LogP contribution in [0.5, 0.6) is 0 Å². The third kappa shape index (κ3) is 8.64. The Morgan fingerprint density at radius 1 is 1.50 bits per heavy atom. The Balaban J connectivity index is 3.80.